The molecule has 0 radical (unpaired) electrons. The van der Waals surface area contributed by atoms with E-state index in [-0.39, 0.29) is 0 Å². The lowest BCUT2D eigenvalue weighted by atomic mass is 10.1. The van der Waals surface area contributed by atoms with Crippen molar-refractivity contribution in [1.29, 1.82) is 0 Å². The van der Waals surface area contributed by atoms with Gasteiger partial charge >= 0.3 is 0 Å². The molecule has 0 spiro atoms. The van der Waals surface area contributed by atoms with Gasteiger partial charge in [-0.1, -0.05) is 67.1 Å². The van der Waals surface area contributed by atoms with Crippen LogP contribution in [0.3, 0.4) is 0 Å². The Morgan fingerprint density at radius 2 is 1.50 bits per heavy atom. The summed E-state index contributed by atoms with van der Waals surface area (Å²) in [5, 5.41) is 6.85. The second-order valence-corrected chi connectivity index (χ2v) is 10.2. The van der Waals surface area contributed by atoms with Crippen molar-refractivity contribution >= 4 is 35.0 Å². The van der Waals surface area contributed by atoms with E-state index in [0.29, 0.717) is 11.9 Å². The van der Waals surface area contributed by atoms with Gasteiger partial charge in [-0.15, -0.1) is 0 Å². The number of aromatic nitrogens is 3. The van der Waals surface area contributed by atoms with Crippen molar-refractivity contribution in [2.24, 2.45) is 0 Å². The molecule has 0 amide bonds. The summed E-state index contributed by atoms with van der Waals surface area (Å²) in [7, 11) is 0. The highest BCUT2D eigenvalue weighted by atomic mass is 32.2. The summed E-state index contributed by atoms with van der Waals surface area (Å²) in [6, 6.07) is 25.3. The van der Waals surface area contributed by atoms with Crippen molar-refractivity contribution in [3.63, 3.8) is 0 Å². The van der Waals surface area contributed by atoms with Crippen LogP contribution in [0.15, 0.2) is 72.8 Å². The number of hydrogen-bond donors (Lipinski definition) is 2. The van der Waals surface area contributed by atoms with Gasteiger partial charge < -0.3 is 10.6 Å². The van der Waals surface area contributed by atoms with Gasteiger partial charge in [-0.3, -0.25) is 0 Å². The van der Waals surface area contributed by atoms with Gasteiger partial charge in [0.1, 0.15) is 5.82 Å². The van der Waals surface area contributed by atoms with Gasteiger partial charge in [0.05, 0.1) is 0 Å². The lowest BCUT2D eigenvalue weighted by Crippen LogP contribution is -2.08. The molecule has 0 fully saturated rings. The summed E-state index contributed by atoms with van der Waals surface area (Å²) in [5.41, 5.74) is 7.09. The standard InChI is InChI=1S/C30H35N5S/c1-4-18-36-21-25-14-5-6-16-27(25)32-30-34-28(17-9-13-24-12-7-10-22(2)19-24)33-29(35-30)31-26-15-8-11-23(3)20-26/h5-8,10-12,14-16,19-20H,4,9,13,17-18,21H2,1-3H3,(H2,31,32,33,34,35). The van der Waals surface area contributed by atoms with Crippen LogP contribution in [0, 0.1) is 13.8 Å². The Labute approximate surface area is 219 Å². The minimum Gasteiger partial charge on any atom is -0.324 e. The summed E-state index contributed by atoms with van der Waals surface area (Å²) in [4.78, 5) is 14.3. The van der Waals surface area contributed by atoms with Gasteiger partial charge in [0, 0.05) is 23.5 Å². The van der Waals surface area contributed by atoms with Crippen molar-refractivity contribution < 1.29 is 0 Å². The number of aryl methyl sites for hydroxylation is 4. The van der Waals surface area contributed by atoms with Crippen LogP contribution in [-0.2, 0) is 18.6 Å². The molecule has 3 aromatic carbocycles. The molecule has 2 N–H and O–H groups in total. The Morgan fingerprint density at radius 3 is 2.28 bits per heavy atom. The third-order valence-electron chi connectivity index (χ3n) is 5.77. The Balaban J connectivity index is 1.55. The maximum Gasteiger partial charge on any atom is 0.232 e. The van der Waals surface area contributed by atoms with E-state index < -0.39 is 0 Å². The number of nitrogens with one attached hydrogen (secondary N) is 2. The van der Waals surface area contributed by atoms with Gasteiger partial charge in [0.15, 0.2) is 0 Å². The number of nitrogens with zero attached hydrogens (tertiary/aromatic N) is 3. The fourth-order valence-corrected chi connectivity index (χ4v) is 4.93. The number of rotatable bonds is 12. The second-order valence-electron chi connectivity index (χ2n) is 9.07. The fraction of sp³-hybridized carbons (Fsp3) is 0.300. The molecule has 0 aliphatic rings. The molecule has 0 saturated heterocycles. The smallest absolute Gasteiger partial charge is 0.232 e. The van der Waals surface area contributed by atoms with E-state index in [0.717, 1.165) is 48.0 Å². The van der Waals surface area contributed by atoms with Crippen molar-refractivity contribution in [1.82, 2.24) is 15.0 Å². The first-order valence-electron chi connectivity index (χ1n) is 12.7. The van der Waals surface area contributed by atoms with Gasteiger partial charge in [0.25, 0.3) is 0 Å². The molecule has 4 rings (SSSR count). The third-order valence-corrected chi connectivity index (χ3v) is 6.99. The first-order valence-corrected chi connectivity index (χ1v) is 13.8. The van der Waals surface area contributed by atoms with E-state index >= 15 is 0 Å². The molecule has 6 heteroatoms. The normalized spacial score (nSPS) is 10.9. The van der Waals surface area contributed by atoms with Crippen LogP contribution < -0.4 is 10.6 Å². The van der Waals surface area contributed by atoms with E-state index in [4.69, 9.17) is 15.0 Å². The fourth-order valence-electron chi connectivity index (χ4n) is 4.03. The van der Waals surface area contributed by atoms with E-state index in [2.05, 4.69) is 86.0 Å². The first kappa shape index (κ1) is 25.7. The van der Waals surface area contributed by atoms with E-state index in [1.165, 1.54) is 28.7 Å². The minimum atomic E-state index is 0.557. The Hall–Kier alpha value is -3.38. The summed E-state index contributed by atoms with van der Waals surface area (Å²) < 4.78 is 0. The Kier molecular flexibility index (Phi) is 9.33. The molecule has 1 aromatic heterocycles. The van der Waals surface area contributed by atoms with Gasteiger partial charge in [-0.05, 0) is 73.8 Å². The Morgan fingerprint density at radius 1 is 0.750 bits per heavy atom. The lowest BCUT2D eigenvalue weighted by molar-refractivity contribution is 0.765. The average Bonchev–Trinajstić information content (AvgIpc) is 2.85. The van der Waals surface area contributed by atoms with Crippen LogP contribution in [0.4, 0.5) is 23.3 Å². The maximum atomic E-state index is 4.79. The van der Waals surface area contributed by atoms with Crippen LogP contribution in [0.1, 0.15) is 47.8 Å². The lowest BCUT2D eigenvalue weighted by Gasteiger charge is -2.13. The highest BCUT2D eigenvalue weighted by Crippen LogP contribution is 2.25. The predicted octanol–water partition coefficient (Wildman–Crippen LogP) is 7.79. The molecule has 5 nitrogen and oxygen atoms in total. The number of anilines is 4. The molecule has 0 aliphatic heterocycles. The largest absolute Gasteiger partial charge is 0.324 e. The first-order chi connectivity index (χ1) is 17.6. The van der Waals surface area contributed by atoms with Gasteiger partial charge in [0.2, 0.25) is 11.9 Å². The topological polar surface area (TPSA) is 62.7 Å². The zero-order valence-corrected chi connectivity index (χ0v) is 22.2. The van der Waals surface area contributed by atoms with Gasteiger partial charge in [-0.25, -0.2) is 0 Å². The highest BCUT2D eigenvalue weighted by molar-refractivity contribution is 7.98. The maximum absolute atomic E-state index is 4.79. The number of para-hydroxylation sites is 1. The Bertz CT molecular complexity index is 1270. The number of benzene rings is 3. The van der Waals surface area contributed by atoms with Crippen molar-refractivity contribution in [3.05, 3.63) is 101 Å². The molecular formula is C30H35N5S. The molecule has 4 aromatic rings. The predicted molar refractivity (Wildman–Crippen MR) is 154 cm³/mol. The zero-order chi connectivity index (χ0) is 25.2. The van der Waals surface area contributed by atoms with Crippen molar-refractivity contribution in [3.8, 4) is 0 Å². The molecule has 0 atom stereocenters. The molecule has 36 heavy (non-hydrogen) atoms. The van der Waals surface area contributed by atoms with E-state index in [9.17, 15) is 0 Å². The van der Waals surface area contributed by atoms with Crippen LogP contribution >= 0.6 is 11.8 Å². The van der Waals surface area contributed by atoms with Crippen LogP contribution in [0.25, 0.3) is 0 Å². The number of hydrogen-bond acceptors (Lipinski definition) is 6. The van der Waals surface area contributed by atoms with E-state index in [1.807, 2.05) is 30.0 Å². The molecule has 1 heterocycles. The molecule has 0 saturated carbocycles. The van der Waals surface area contributed by atoms with Crippen molar-refractivity contribution in [2.75, 3.05) is 16.4 Å². The summed E-state index contributed by atoms with van der Waals surface area (Å²) >= 11 is 1.94. The van der Waals surface area contributed by atoms with Crippen LogP contribution in [0.5, 0.6) is 0 Å². The number of thioether (sulfide) groups is 1. The second kappa shape index (κ2) is 13.1. The quantitative estimate of drug-likeness (QED) is 0.195. The molecule has 186 valence electrons. The van der Waals surface area contributed by atoms with Crippen molar-refractivity contribution in [2.45, 2.75) is 52.2 Å². The summed E-state index contributed by atoms with van der Waals surface area (Å²) in [5.74, 6) is 4.02. The molecular weight excluding hydrogens is 462 g/mol. The molecule has 0 aliphatic carbocycles. The third kappa shape index (κ3) is 7.82. The zero-order valence-electron chi connectivity index (χ0n) is 21.4. The van der Waals surface area contributed by atoms with Crippen LogP contribution in [-0.4, -0.2) is 20.7 Å². The van der Waals surface area contributed by atoms with Gasteiger partial charge in [-0.2, -0.15) is 26.7 Å². The van der Waals surface area contributed by atoms with E-state index in [1.54, 1.807) is 0 Å². The SMILES string of the molecule is CCCSCc1ccccc1Nc1nc(CCCc2cccc(C)c2)nc(Nc2cccc(C)c2)n1. The molecule has 0 bridgehead atoms. The minimum absolute atomic E-state index is 0.557. The average molecular weight is 498 g/mol. The van der Waals surface area contributed by atoms with Crippen LogP contribution in [0.2, 0.25) is 0 Å². The monoisotopic (exact) mass is 497 g/mol. The summed E-state index contributed by atoms with van der Waals surface area (Å²) in [6.45, 7) is 6.43. The molecule has 0 unspecified atom stereocenters. The summed E-state index contributed by atoms with van der Waals surface area (Å²) in [6.07, 6.45) is 3.92. The highest BCUT2D eigenvalue weighted by Gasteiger charge is 2.10.